The van der Waals surface area contributed by atoms with Gasteiger partial charge in [-0.2, -0.15) is 13.2 Å². The first kappa shape index (κ1) is 26.1. The molecule has 2 fully saturated rings. The van der Waals surface area contributed by atoms with Crippen molar-refractivity contribution in [3.8, 4) is 0 Å². The fraction of sp³-hybridized carbons (Fsp3) is 0.409. The number of anilines is 4. The van der Waals surface area contributed by atoms with Crippen molar-refractivity contribution >= 4 is 44.7 Å². The highest BCUT2D eigenvalue weighted by atomic mass is 79.9. The maximum Gasteiger partial charge on any atom is 0.409 e. The number of hydrogen-bond donors (Lipinski definition) is 3. The van der Waals surface area contributed by atoms with Crippen LogP contribution in [0.5, 0.6) is 0 Å². The third-order valence-corrected chi connectivity index (χ3v) is 6.36. The lowest BCUT2D eigenvalue weighted by atomic mass is 10.1. The summed E-state index contributed by atoms with van der Waals surface area (Å²) in [5, 5.41) is 8.52. The fourth-order valence-electron chi connectivity index (χ4n) is 4.21. The Morgan fingerprint density at radius 2 is 2.14 bits per heavy atom. The summed E-state index contributed by atoms with van der Waals surface area (Å²) in [4.78, 5) is 31.6. The standard InChI is InChI=1S/C22H25BrF3N7O3/c1-3-19(34)29-14-8-13(28-20-21(35)31(2)10-17(23)30-20)4-5-15(14)33-7-6-32(18-11-36-12-27-18)9-16(33)22(24,25)26/h3-5,8,10,16,18,27H,1,6-7,9,11-12H2,2H3,(H,28,30)(H,29,34). The van der Waals surface area contributed by atoms with E-state index in [4.69, 9.17) is 4.74 Å². The number of ether oxygens (including phenoxy) is 1. The van der Waals surface area contributed by atoms with Crippen LogP contribution in [0, 0.1) is 0 Å². The van der Waals surface area contributed by atoms with E-state index >= 15 is 0 Å². The number of halogens is 4. The summed E-state index contributed by atoms with van der Waals surface area (Å²) in [5.74, 6) is -0.576. The number of alkyl halides is 3. The van der Waals surface area contributed by atoms with E-state index < -0.39 is 23.7 Å². The molecule has 2 aliphatic rings. The predicted octanol–water partition coefficient (Wildman–Crippen LogP) is 2.37. The van der Waals surface area contributed by atoms with Gasteiger partial charge in [-0.25, -0.2) is 4.98 Å². The highest BCUT2D eigenvalue weighted by Crippen LogP contribution is 2.37. The van der Waals surface area contributed by atoms with Crippen LogP contribution < -0.4 is 26.4 Å². The number of carbonyl (C=O) groups excluding carboxylic acids is 1. The maximum absolute atomic E-state index is 14.2. The van der Waals surface area contributed by atoms with Gasteiger partial charge in [0.2, 0.25) is 5.91 Å². The predicted molar refractivity (Wildman–Crippen MR) is 132 cm³/mol. The number of rotatable bonds is 6. The van der Waals surface area contributed by atoms with Crippen molar-refractivity contribution < 1.29 is 22.7 Å². The summed E-state index contributed by atoms with van der Waals surface area (Å²) in [6.45, 7) is 4.20. The molecule has 0 aliphatic carbocycles. The molecule has 3 N–H and O–H groups in total. The van der Waals surface area contributed by atoms with Crippen molar-refractivity contribution in [2.75, 3.05) is 48.5 Å². The lowest BCUT2D eigenvalue weighted by Crippen LogP contribution is -2.62. The third-order valence-electron chi connectivity index (χ3n) is 5.98. The van der Waals surface area contributed by atoms with E-state index in [1.165, 1.54) is 33.9 Å². The number of aromatic nitrogens is 2. The Balaban J connectivity index is 1.68. The number of amides is 1. The van der Waals surface area contributed by atoms with Gasteiger partial charge in [0.1, 0.15) is 10.6 Å². The molecule has 4 rings (SSSR count). The van der Waals surface area contributed by atoms with Crippen molar-refractivity contribution in [1.29, 1.82) is 0 Å². The Morgan fingerprint density at radius 3 is 2.81 bits per heavy atom. The van der Waals surface area contributed by atoms with Crippen LogP contribution in [0.15, 0.2) is 46.4 Å². The molecule has 36 heavy (non-hydrogen) atoms. The summed E-state index contributed by atoms with van der Waals surface area (Å²) in [6.07, 6.45) is -2.29. The lowest BCUT2D eigenvalue weighted by molar-refractivity contribution is -0.158. The smallest absolute Gasteiger partial charge is 0.363 e. The number of benzene rings is 1. The monoisotopic (exact) mass is 571 g/mol. The van der Waals surface area contributed by atoms with Gasteiger partial charge in [-0.15, -0.1) is 0 Å². The SMILES string of the molecule is C=CC(=O)Nc1cc(Nc2nc(Br)cn(C)c2=O)ccc1N1CCN(C2COCN2)CC1C(F)(F)F. The van der Waals surface area contributed by atoms with Crippen molar-refractivity contribution in [1.82, 2.24) is 19.8 Å². The Labute approximate surface area is 213 Å². The molecule has 194 valence electrons. The molecule has 1 amide bonds. The molecule has 10 nitrogen and oxygen atoms in total. The van der Waals surface area contributed by atoms with Crippen LogP contribution in [-0.4, -0.2) is 71.7 Å². The minimum atomic E-state index is -4.53. The van der Waals surface area contributed by atoms with Crippen LogP contribution in [-0.2, 0) is 16.6 Å². The largest absolute Gasteiger partial charge is 0.409 e. The molecule has 2 atom stereocenters. The number of hydrogen-bond acceptors (Lipinski definition) is 8. The van der Waals surface area contributed by atoms with Crippen LogP contribution >= 0.6 is 15.9 Å². The third kappa shape index (κ3) is 5.72. The van der Waals surface area contributed by atoms with Gasteiger partial charge in [-0.3, -0.25) is 19.8 Å². The Hall–Kier alpha value is -2.94. The average molecular weight is 572 g/mol. The van der Waals surface area contributed by atoms with Crippen molar-refractivity contribution in [2.24, 2.45) is 7.05 Å². The molecule has 0 radical (unpaired) electrons. The number of aryl methyl sites for hydroxylation is 1. The summed E-state index contributed by atoms with van der Waals surface area (Å²) >= 11 is 3.23. The topological polar surface area (TPSA) is 104 Å². The second-order valence-electron chi connectivity index (χ2n) is 8.36. The van der Waals surface area contributed by atoms with E-state index in [0.717, 1.165) is 6.08 Å². The quantitative estimate of drug-likeness (QED) is 0.454. The van der Waals surface area contributed by atoms with E-state index in [1.807, 2.05) is 0 Å². The molecule has 1 aromatic heterocycles. The Morgan fingerprint density at radius 1 is 1.36 bits per heavy atom. The summed E-state index contributed by atoms with van der Waals surface area (Å²) < 4.78 is 49.6. The van der Waals surface area contributed by atoms with Gasteiger partial charge >= 0.3 is 6.18 Å². The molecule has 3 heterocycles. The minimum Gasteiger partial charge on any atom is -0.363 e. The van der Waals surface area contributed by atoms with Crippen LogP contribution in [0.4, 0.5) is 36.1 Å². The lowest BCUT2D eigenvalue weighted by Gasteiger charge is -2.45. The first-order chi connectivity index (χ1) is 17.1. The zero-order chi connectivity index (χ0) is 26.0. The molecule has 2 saturated heterocycles. The van der Waals surface area contributed by atoms with Crippen LogP contribution in [0.3, 0.4) is 0 Å². The molecule has 2 unspecified atom stereocenters. The number of nitrogens with zero attached hydrogens (tertiary/aromatic N) is 4. The van der Waals surface area contributed by atoms with E-state index in [0.29, 0.717) is 30.2 Å². The van der Waals surface area contributed by atoms with E-state index in [1.54, 1.807) is 11.9 Å². The van der Waals surface area contributed by atoms with E-state index in [2.05, 4.69) is 43.4 Å². The number of carbonyl (C=O) groups is 1. The maximum atomic E-state index is 14.2. The van der Waals surface area contributed by atoms with Crippen molar-refractivity contribution in [3.63, 3.8) is 0 Å². The second kappa shape index (κ2) is 10.6. The highest BCUT2D eigenvalue weighted by Gasteiger charge is 2.48. The molecule has 2 aromatic rings. The van der Waals surface area contributed by atoms with Gasteiger partial charge in [-0.1, -0.05) is 6.58 Å². The van der Waals surface area contributed by atoms with Gasteiger partial charge in [0.15, 0.2) is 5.82 Å². The molecule has 0 bridgehead atoms. The zero-order valence-corrected chi connectivity index (χ0v) is 20.9. The van der Waals surface area contributed by atoms with Gasteiger partial charge in [0, 0.05) is 38.6 Å². The van der Waals surface area contributed by atoms with Crippen molar-refractivity contribution in [2.45, 2.75) is 18.4 Å². The highest BCUT2D eigenvalue weighted by molar-refractivity contribution is 9.10. The molecule has 2 aliphatic heterocycles. The van der Waals surface area contributed by atoms with Gasteiger partial charge in [0.05, 0.1) is 30.9 Å². The van der Waals surface area contributed by atoms with E-state index in [-0.39, 0.29) is 36.4 Å². The van der Waals surface area contributed by atoms with Crippen LogP contribution in [0.1, 0.15) is 0 Å². The van der Waals surface area contributed by atoms with Crippen LogP contribution in [0.2, 0.25) is 0 Å². The molecule has 14 heteroatoms. The number of nitrogens with one attached hydrogen (secondary N) is 3. The molecule has 0 spiro atoms. The van der Waals surface area contributed by atoms with Crippen LogP contribution in [0.25, 0.3) is 0 Å². The first-order valence-electron chi connectivity index (χ1n) is 11.0. The molecule has 0 saturated carbocycles. The van der Waals surface area contributed by atoms with E-state index in [9.17, 15) is 22.8 Å². The minimum absolute atomic E-state index is 0.00804. The van der Waals surface area contributed by atoms with Gasteiger partial charge < -0.3 is 24.8 Å². The molecule has 1 aromatic carbocycles. The second-order valence-corrected chi connectivity index (χ2v) is 9.17. The van der Waals surface area contributed by atoms with Gasteiger partial charge in [0.25, 0.3) is 5.56 Å². The zero-order valence-electron chi connectivity index (χ0n) is 19.3. The average Bonchev–Trinajstić information content (AvgIpc) is 3.36. The first-order valence-corrected chi connectivity index (χ1v) is 11.8. The summed E-state index contributed by atoms with van der Waals surface area (Å²) in [5.41, 5.74) is 0.289. The summed E-state index contributed by atoms with van der Waals surface area (Å²) in [7, 11) is 1.56. The molecular formula is C22H25BrF3N7O3. The normalized spacial score (nSPS) is 20.9. The van der Waals surface area contributed by atoms with Gasteiger partial charge in [-0.05, 0) is 40.2 Å². The van der Waals surface area contributed by atoms with Crippen molar-refractivity contribution in [3.05, 3.63) is 52.0 Å². The number of piperazine rings is 1. The Bertz CT molecular complexity index is 1200. The fourth-order valence-corrected chi connectivity index (χ4v) is 4.69. The summed E-state index contributed by atoms with van der Waals surface area (Å²) in [6, 6.07) is 2.67. The Kier molecular flexibility index (Phi) is 7.68. The molecular weight excluding hydrogens is 547 g/mol.